The van der Waals surface area contributed by atoms with E-state index in [1.54, 1.807) is 0 Å². The SMILES string of the molecule is CO[C@H]1OC[C@H](OC(C)=O)[C@H](SS[C@@H]2[C@@H](OC(C)=O)[C@@H](OC)OC[C@@H]2OC(C)=O)[C@H]1OC(C)=O. The predicted molar refractivity (Wildman–Crippen MR) is 118 cm³/mol. The Labute approximate surface area is 205 Å². The highest BCUT2D eigenvalue weighted by molar-refractivity contribution is 8.77. The van der Waals surface area contributed by atoms with Crippen LogP contribution in [0.25, 0.3) is 0 Å². The minimum atomic E-state index is -0.921. The summed E-state index contributed by atoms with van der Waals surface area (Å²) in [6.45, 7) is 5.01. The number of methoxy groups -OCH3 is 2. The fourth-order valence-corrected chi connectivity index (χ4v) is 7.04. The summed E-state index contributed by atoms with van der Waals surface area (Å²) >= 11 is 0. The second-order valence-corrected chi connectivity index (χ2v) is 10.1. The van der Waals surface area contributed by atoms with E-state index in [2.05, 4.69) is 0 Å². The molecule has 0 amide bonds. The van der Waals surface area contributed by atoms with E-state index in [9.17, 15) is 19.2 Å². The third-order valence-corrected chi connectivity index (χ3v) is 8.11. The fraction of sp³-hybridized carbons (Fsp3) is 0.800. The van der Waals surface area contributed by atoms with E-state index in [1.807, 2.05) is 0 Å². The highest BCUT2D eigenvalue weighted by atomic mass is 33.1. The third-order valence-electron chi connectivity index (χ3n) is 4.75. The van der Waals surface area contributed by atoms with E-state index in [4.69, 9.17) is 37.9 Å². The zero-order chi connectivity index (χ0) is 25.4. The van der Waals surface area contributed by atoms with Gasteiger partial charge in [-0.2, -0.15) is 0 Å². The summed E-state index contributed by atoms with van der Waals surface area (Å²) in [6, 6.07) is 0. The molecule has 2 heterocycles. The van der Waals surface area contributed by atoms with Crippen LogP contribution in [0.5, 0.6) is 0 Å². The zero-order valence-corrected chi connectivity index (χ0v) is 21.4. The van der Waals surface area contributed by atoms with Gasteiger partial charge in [-0.15, -0.1) is 0 Å². The van der Waals surface area contributed by atoms with Crippen molar-refractivity contribution in [2.75, 3.05) is 27.4 Å². The van der Waals surface area contributed by atoms with Gasteiger partial charge in [-0.25, -0.2) is 0 Å². The van der Waals surface area contributed by atoms with Crippen LogP contribution in [-0.2, 0) is 57.1 Å². The van der Waals surface area contributed by atoms with Crippen LogP contribution in [0.3, 0.4) is 0 Å². The van der Waals surface area contributed by atoms with Gasteiger partial charge in [0.25, 0.3) is 0 Å². The number of esters is 4. The molecule has 0 N–H and O–H groups in total. The lowest BCUT2D eigenvalue weighted by Gasteiger charge is -2.42. The summed E-state index contributed by atoms with van der Waals surface area (Å²) in [5, 5.41) is -1.26. The second kappa shape index (κ2) is 13.5. The van der Waals surface area contributed by atoms with Gasteiger partial charge in [0, 0.05) is 41.9 Å². The Hall–Kier alpha value is -1.58. The lowest BCUT2D eigenvalue weighted by atomic mass is 10.1. The monoisotopic (exact) mass is 526 g/mol. The second-order valence-electron chi connectivity index (χ2n) is 7.44. The first kappa shape index (κ1) is 28.7. The van der Waals surface area contributed by atoms with Crippen LogP contribution in [0.4, 0.5) is 0 Å². The first-order valence-electron chi connectivity index (χ1n) is 10.4. The molecular formula is C20H30O12S2. The van der Waals surface area contributed by atoms with Crippen molar-refractivity contribution in [3.63, 3.8) is 0 Å². The van der Waals surface area contributed by atoms with Crippen molar-refractivity contribution < 1.29 is 57.1 Å². The number of carbonyl (C=O) groups excluding carboxylic acids is 4. The van der Waals surface area contributed by atoms with Crippen LogP contribution in [0.2, 0.25) is 0 Å². The lowest BCUT2D eigenvalue weighted by molar-refractivity contribution is -0.236. The number of carbonyl (C=O) groups is 4. The molecule has 12 nitrogen and oxygen atoms in total. The van der Waals surface area contributed by atoms with Gasteiger partial charge in [-0.1, -0.05) is 21.6 Å². The highest BCUT2D eigenvalue weighted by Gasteiger charge is 2.49. The summed E-state index contributed by atoms with van der Waals surface area (Å²) in [7, 11) is 5.21. The Morgan fingerprint density at radius 3 is 1.21 bits per heavy atom. The third kappa shape index (κ3) is 7.99. The van der Waals surface area contributed by atoms with E-state index in [0.29, 0.717) is 0 Å². The van der Waals surface area contributed by atoms with Crippen molar-refractivity contribution in [1.29, 1.82) is 0 Å². The zero-order valence-electron chi connectivity index (χ0n) is 19.7. The van der Waals surface area contributed by atoms with Crippen LogP contribution in [0, 0.1) is 0 Å². The quantitative estimate of drug-likeness (QED) is 0.238. The standard InChI is InChI=1S/C20H30O12S2/c1-9(21)29-13-7-27-19(25-5)15(31-11(3)23)17(13)33-34-18-14(30-10(2)22)8-28-20(26-6)16(18)32-12(4)24/h13-20H,7-8H2,1-6H3/t13-,14-,15+,16+,17-,18-,19-,20-/m0/s1. The normalized spacial score (nSPS) is 33.5. The first-order valence-corrected chi connectivity index (χ1v) is 12.6. The van der Waals surface area contributed by atoms with Gasteiger partial charge in [0.2, 0.25) is 0 Å². The van der Waals surface area contributed by atoms with E-state index < -0.39 is 71.4 Å². The molecule has 2 aliphatic heterocycles. The molecule has 0 unspecified atom stereocenters. The molecule has 0 aromatic carbocycles. The average Bonchev–Trinajstić information content (AvgIpc) is 2.73. The molecule has 8 atom stereocenters. The molecule has 34 heavy (non-hydrogen) atoms. The summed E-state index contributed by atoms with van der Waals surface area (Å²) in [4.78, 5) is 46.9. The Bertz CT molecular complexity index is 674. The van der Waals surface area contributed by atoms with Gasteiger partial charge in [-0.3, -0.25) is 19.2 Å². The summed E-state index contributed by atoms with van der Waals surface area (Å²) in [5.74, 6) is -2.22. The molecule has 194 valence electrons. The highest BCUT2D eigenvalue weighted by Crippen LogP contribution is 2.44. The van der Waals surface area contributed by atoms with Gasteiger partial charge >= 0.3 is 23.9 Å². The number of rotatable bonds is 9. The van der Waals surface area contributed by atoms with E-state index >= 15 is 0 Å². The van der Waals surface area contributed by atoms with Crippen molar-refractivity contribution in [3.05, 3.63) is 0 Å². The van der Waals surface area contributed by atoms with Gasteiger partial charge in [0.15, 0.2) is 24.8 Å². The van der Waals surface area contributed by atoms with Crippen molar-refractivity contribution in [2.45, 2.75) is 75.2 Å². The van der Waals surface area contributed by atoms with Crippen molar-refractivity contribution in [1.82, 2.24) is 0 Å². The summed E-state index contributed by atoms with van der Waals surface area (Å²) < 4.78 is 43.5. The molecule has 0 saturated carbocycles. The van der Waals surface area contributed by atoms with Gasteiger partial charge in [0.1, 0.15) is 12.2 Å². The Morgan fingerprint density at radius 2 is 0.941 bits per heavy atom. The molecule has 2 saturated heterocycles. The molecule has 0 aromatic rings. The smallest absolute Gasteiger partial charge is 0.303 e. The van der Waals surface area contributed by atoms with Crippen LogP contribution < -0.4 is 0 Å². The molecule has 2 aliphatic rings. The van der Waals surface area contributed by atoms with Crippen LogP contribution >= 0.6 is 21.6 Å². The van der Waals surface area contributed by atoms with Crippen LogP contribution in [0.15, 0.2) is 0 Å². The van der Waals surface area contributed by atoms with Crippen LogP contribution in [-0.4, -0.2) is 98.8 Å². The number of hydrogen-bond donors (Lipinski definition) is 0. The van der Waals surface area contributed by atoms with Crippen molar-refractivity contribution in [3.8, 4) is 0 Å². The predicted octanol–water partition coefficient (Wildman–Crippen LogP) is 0.837. The van der Waals surface area contributed by atoms with E-state index in [-0.39, 0.29) is 13.2 Å². The maximum Gasteiger partial charge on any atom is 0.303 e. The van der Waals surface area contributed by atoms with Gasteiger partial charge in [0.05, 0.1) is 23.7 Å². The summed E-state index contributed by atoms with van der Waals surface area (Å²) in [5.41, 5.74) is 0. The van der Waals surface area contributed by atoms with Crippen LogP contribution in [0.1, 0.15) is 27.7 Å². The molecule has 14 heteroatoms. The molecule has 0 spiro atoms. The average molecular weight is 527 g/mol. The summed E-state index contributed by atoms with van der Waals surface area (Å²) in [6.07, 6.45) is -5.19. The van der Waals surface area contributed by atoms with Gasteiger partial charge in [-0.05, 0) is 0 Å². The van der Waals surface area contributed by atoms with Gasteiger partial charge < -0.3 is 37.9 Å². The Balaban J connectivity index is 2.33. The molecule has 2 rings (SSSR count). The fourth-order valence-electron chi connectivity index (χ4n) is 3.51. The molecule has 0 aliphatic carbocycles. The van der Waals surface area contributed by atoms with Crippen molar-refractivity contribution in [2.24, 2.45) is 0 Å². The van der Waals surface area contributed by atoms with E-state index in [0.717, 1.165) is 0 Å². The molecule has 0 radical (unpaired) electrons. The maximum atomic E-state index is 11.8. The lowest BCUT2D eigenvalue weighted by Crippen LogP contribution is -2.56. The maximum absolute atomic E-state index is 11.8. The minimum absolute atomic E-state index is 0.00327. The number of hydrogen-bond acceptors (Lipinski definition) is 14. The molecule has 0 aromatic heterocycles. The Morgan fingerprint density at radius 1 is 0.618 bits per heavy atom. The largest absolute Gasteiger partial charge is 0.459 e. The number of ether oxygens (including phenoxy) is 8. The first-order chi connectivity index (χ1) is 16.1. The molecular weight excluding hydrogens is 496 g/mol. The minimum Gasteiger partial charge on any atom is -0.459 e. The Kier molecular flexibility index (Phi) is 11.4. The van der Waals surface area contributed by atoms with Crippen molar-refractivity contribution >= 4 is 45.5 Å². The van der Waals surface area contributed by atoms with E-state index in [1.165, 1.54) is 63.5 Å². The molecule has 0 bridgehead atoms. The molecule has 2 fully saturated rings. The topological polar surface area (TPSA) is 142 Å².